The fraction of sp³-hybridized carbons (Fsp3) is 0.236. The van der Waals surface area contributed by atoms with Gasteiger partial charge in [0.1, 0.15) is 47.0 Å². The van der Waals surface area contributed by atoms with Crippen molar-refractivity contribution in [2.24, 2.45) is 0 Å². The first-order valence-corrected chi connectivity index (χ1v) is 22.1. The summed E-state index contributed by atoms with van der Waals surface area (Å²) in [6, 6.07) is 61.3. The number of hydrogen-bond acceptors (Lipinski definition) is 9. The summed E-state index contributed by atoms with van der Waals surface area (Å²) in [4.78, 5) is 4.99. The van der Waals surface area contributed by atoms with E-state index in [4.69, 9.17) is 33.8 Å². The summed E-state index contributed by atoms with van der Waals surface area (Å²) < 4.78 is 35.2. The van der Waals surface area contributed by atoms with Crippen LogP contribution in [0.4, 0.5) is 5.82 Å². The Morgan fingerprint density at radius 3 is 1.80 bits per heavy atom. The molecule has 65 heavy (non-hydrogen) atoms. The number of aromatic nitrogens is 3. The Morgan fingerprint density at radius 1 is 0.692 bits per heavy atom. The fourth-order valence-electron chi connectivity index (χ4n) is 9.11. The lowest BCUT2D eigenvalue weighted by molar-refractivity contribution is -0.148. The van der Waals surface area contributed by atoms with Gasteiger partial charge in [-0.15, -0.1) is 0 Å². The lowest BCUT2D eigenvalue weighted by atomic mass is 9.77. The van der Waals surface area contributed by atoms with Gasteiger partial charge in [0.15, 0.2) is 5.82 Å². The third-order valence-electron chi connectivity index (χ3n) is 12.3. The molecule has 2 N–H and O–H groups in total. The summed E-state index contributed by atoms with van der Waals surface area (Å²) in [6.45, 7) is 3.29. The number of hydrogen-bond donors (Lipinski definition) is 2. The zero-order valence-electron chi connectivity index (χ0n) is 36.7. The Morgan fingerprint density at radius 2 is 1.23 bits per heavy atom. The molecule has 4 atom stereocenters. The highest BCUT2D eigenvalue weighted by atomic mass is 16.6. The Labute approximate surface area is 380 Å². The monoisotopic (exact) mass is 866 g/mol. The number of aliphatic hydroxyl groups is 1. The highest BCUT2D eigenvalue weighted by Crippen LogP contribution is 2.48. The molecule has 10 heteroatoms. The Hall–Kier alpha value is -6.66. The summed E-state index contributed by atoms with van der Waals surface area (Å²) in [5, 5.41) is 19.6. The van der Waals surface area contributed by atoms with Gasteiger partial charge in [-0.3, -0.25) is 0 Å². The van der Waals surface area contributed by atoms with Gasteiger partial charge in [0, 0.05) is 6.61 Å². The number of nitrogens with zero attached hydrogens (tertiary/aromatic N) is 3. The third-order valence-corrected chi connectivity index (χ3v) is 12.3. The third kappa shape index (κ3) is 9.18. The fourth-order valence-corrected chi connectivity index (χ4v) is 9.11. The van der Waals surface area contributed by atoms with E-state index >= 15 is 0 Å². The van der Waals surface area contributed by atoms with Gasteiger partial charge >= 0.3 is 0 Å². The van der Waals surface area contributed by atoms with Crippen LogP contribution in [0.1, 0.15) is 57.7 Å². The maximum absolute atomic E-state index is 10.7. The van der Waals surface area contributed by atoms with Gasteiger partial charge in [-0.1, -0.05) is 164 Å². The molecule has 1 fully saturated rings. The molecule has 0 aliphatic carbocycles. The number of anilines is 1. The minimum Gasteiger partial charge on any atom is -0.497 e. The molecule has 0 radical (unpaired) electrons. The molecule has 0 amide bonds. The summed E-state index contributed by atoms with van der Waals surface area (Å²) in [5.41, 5.74) is 6.38. The Kier molecular flexibility index (Phi) is 13.4. The lowest BCUT2D eigenvalue weighted by Crippen LogP contribution is -2.47. The van der Waals surface area contributed by atoms with E-state index in [1.807, 2.05) is 108 Å². The zero-order chi connectivity index (χ0) is 44.5. The summed E-state index contributed by atoms with van der Waals surface area (Å²) in [7, 11) is 1.67. The molecule has 3 heterocycles. The standard InChI is InChI=1S/C55H54N4O6/c1-54(64-37-42-22-12-5-13-23-42)51(65-49(38-62-35-40-18-8-3-9-19-40)52(54)63-36-41-20-10-4-11-21-41)48-34-43(32-33-60)50-53(56-39-57-59(48)50)58-55(44-24-14-6-15-25-44,45-26-16-7-17-27-45)46-28-30-47(61-2)31-29-46/h3-31,34,39,49,51-52,60H,32-33,35-38H2,1-2H3,(H,56,57,58)/t49-,51+,52-,54+/m1/s1. The molecule has 0 bridgehead atoms. The minimum absolute atomic E-state index is 0.0967. The second-order valence-electron chi connectivity index (χ2n) is 16.5. The minimum atomic E-state index is -1.06. The van der Waals surface area contributed by atoms with Crippen molar-refractivity contribution in [2.45, 2.75) is 62.6 Å². The van der Waals surface area contributed by atoms with E-state index in [0.717, 1.165) is 50.4 Å². The summed E-state index contributed by atoms with van der Waals surface area (Å²) in [6.07, 6.45) is 0.103. The van der Waals surface area contributed by atoms with Crippen LogP contribution in [-0.4, -0.2) is 57.8 Å². The van der Waals surface area contributed by atoms with Gasteiger partial charge in [-0.2, -0.15) is 5.10 Å². The van der Waals surface area contributed by atoms with Crippen LogP contribution in [0, 0.1) is 0 Å². The van der Waals surface area contributed by atoms with E-state index in [9.17, 15) is 5.11 Å². The summed E-state index contributed by atoms with van der Waals surface area (Å²) in [5.74, 6) is 1.32. The molecule has 0 unspecified atom stereocenters. The van der Waals surface area contributed by atoms with Crippen molar-refractivity contribution in [2.75, 3.05) is 25.6 Å². The molecule has 9 rings (SSSR count). The molecule has 1 aliphatic heterocycles. The van der Waals surface area contributed by atoms with Crippen LogP contribution in [0.2, 0.25) is 0 Å². The van der Waals surface area contributed by atoms with Gasteiger partial charge in [0.2, 0.25) is 0 Å². The van der Waals surface area contributed by atoms with E-state index in [0.29, 0.717) is 37.6 Å². The van der Waals surface area contributed by atoms with Crippen molar-refractivity contribution in [3.05, 3.63) is 233 Å². The average Bonchev–Trinajstić information content (AvgIpc) is 3.87. The van der Waals surface area contributed by atoms with Gasteiger partial charge in [-0.25, -0.2) is 9.50 Å². The maximum Gasteiger partial charge on any atom is 0.155 e. The molecule has 1 aliphatic rings. The van der Waals surface area contributed by atoms with Gasteiger partial charge < -0.3 is 34.1 Å². The van der Waals surface area contributed by atoms with E-state index < -0.39 is 29.5 Å². The van der Waals surface area contributed by atoms with Crippen molar-refractivity contribution in [3.63, 3.8) is 0 Å². The molecule has 10 nitrogen and oxygen atoms in total. The molecule has 6 aromatic carbocycles. The predicted octanol–water partition coefficient (Wildman–Crippen LogP) is 9.89. The lowest BCUT2D eigenvalue weighted by Gasteiger charge is -2.37. The SMILES string of the molecule is COc1ccc(C(Nc2ncnn3c([C@@H]4O[C@H](COCc5ccccc5)[C@@H](OCc5ccccc5)[C@@]4(C)OCc4ccccc4)cc(CCO)c23)(c2ccccc2)c2ccccc2)cc1. The number of methoxy groups -OCH3 is 1. The van der Waals surface area contributed by atoms with Gasteiger partial charge in [0.05, 0.1) is 39.2 Å². The van der Waals surface area contributed by atoms with Crippen LogP contribution in [-0.2, 0) is 50.7 Å². The summed E-state index contributed by atoms with van der Waals surface area (Å²) >= 11 is 0. The van der Waals surface area contributed by atoms with Crippen LogP contribution >= 0.6 is 0 Å². The number of rotatable bonds is 19. The van der Waals surface area contributed by atoms with E-state index in [1.54, 1.807) is 13.4 Å². The largest absolute Gasteiger partial charge is 0.497 e. The predicted molar refractivity (Wildman–Crippen MR) is 252 cm³/mol. The topological polar surface area (TPSA) is 109 Å². The van der Waals surface area contributed by atoms with Crippen molar-refractivity contribution in [1.29, 1.82) is 0 Å². The first kappa shape index (κ1) is 43.6. The second-order valence-corrected chi connectivity index (χ2v) is 16.5. The van der Waals surface area contributed by atoms with Crippen LogP contribution in [0.25, 0.3) is 5.52 Å². The van der Waals surface area contributed by atoms with Crippen molar-refractivity contribution < 1.29 is 28.8 Å². The molecule has 8 aromatic rings. The maximum atomic E-state index is 10.7. The number of fused-ring (bicyclic) bond motifs is 1. The van der Waals surface area contributed by atoms with Crippen molar-refractivity contribution >= 4 is 11.3 Å². The second kappa shape index (κ2) is 20.0. The van der Waals surface area contributed by atoms with E-state index in [-0.39, 0.29) is 13.2 Å². The normalized spacial score (nSPS) is 18.5. The Balaban J connectivity index is 1.18. The molecular formula is C55H54N4O6. The van der Waals surface area contributed by atoms with Crippen LogP contribution in [0.5, 0.6) is 5.75 Å². The van der Waals surface area contributed by atoms with Crippen molar-refractivity contribution in [1.82, 2.24) is 14.6 Å². The Bertz CT molecular complexity index is 2680. The van der Waals surface area contributed by atoms with Crippen LogP contribution < -0.4 is 10.1 Å². The smallest absolute Gasteiger partial charge is 0.155 e. The van der Waals surface area contributed by atoms with E-state index in [2.05, 4.69) is 91.1 Å². The number of benzene rings is 6. The van der Waals surface area contributed by atoms with Crippen LogP contribution in [0.3, 0.4) is 0 Å². The molecule has 1 saturated heterocycles. The number of nitrogens with one attached hydrogen (secondary N) is 1. The van der Waals surface area contributed by atoms with E-state index in [1.165, 1.54) is 0 Å². The van der Waals surface area contributed by atoms with Gasteiger partial charge in [-0.05, 0) is 70.5 Å². The molecule has 0 spiro atoms. The average molecular weight is 867 g/mol. The van der Waals surface area contributed by atoms with Crippen molar-refractivity contribution in [3.8, 4) is 5.75 Å². The highest BCUT2D eigenvalue weighted by molar-refractivity contribution is 5.76. The molecule has 330 valence electrons. The highest BCUT2D eigenvalue weighted by Gasteiger charge is 2.57. The number of aliphatic hydroxyl groups excluding tert-OH is 1. The first-order chi connectivity index (χ1) is 32.0. The molecule has 2 aromatic heterocycles. The molecule has 0 saturated carbocycles. The quantitative estimate of drug-likeness (QED) is 0.0769. The first-order valence-electron chi connectivity index (χ1n) is 22.1. The number of ether oxygens (including phenoxy) is 5. The zero-order valence-corrected chi connectivity index (χ0v) is 36.7. The van der Waals surface area contributed by atoms with Crippen LogP contribution in [0.15, 0.2) is 188 Å². The molecular weight excluding hydrogens is 813 g/mol. The van der Waals surface area contributed by atoms with Gasteiger partial charge in [0.25, 0.3) is 0 Å².